The summed E-state index contributed by atoms with van der Waals surface area (Å²) in [5, 5.41) is 5.34. The van der Waals surface area contributed by atoms with Crippen LogP contribution in [0.15, 0.2) is 34.2 Å². The van der Waals surface area contributed by atoms with E-state index in [1.54, 1.807) is 17.5 Å². The first kappa shape index (κ1) is 13.5. The summed E-state index contributed by atoms with van der Waals surface area (Å²) < 4.78 is 6.74. The lowest BCUT2D eigenvalue weighted by Crippen LogP contribution is -2.13. The van der Waals surface area contributed by atoms with E-state index in [0.29, 0.717) is 12.5 Å². The third-order valence-electron chi connectivity index (χ3n) is 2.39. The SMILES string of the molecule is CCNCc1cc(Br)cnc1OCc1cccs1. The standard InChI is InChI=1S/C13H15BrN2OS/c1-2-15-7-10-6-11(14)8-16-13(10)17-9-12-4-3-5-18-12/h3-6,8,15H,2,7,9H2,1H3. The molecular formula is C13H15BrN2OS. The van der Waals surface area contributed by atoms with Crippen LogP contribution in [0, 0.1) is 0 Å². The third-order valence-corrected chi connectivity index (χ3v) is 3.67. The topological polar surface area (TPSA) is 34.2 Å². The van der Waals surface area contributed by atoms with Crippen molar-refractivity contribution in [1.82, 2.24) is 10.3 Å². The molecule has 3 nitrogen and oxygen atoms in total. The molecule has 0 saturated heterocycles. The molecule has 0 atom stereocenters. The summed E-state index contributed by atoms with van der Waals surface area (Å²) in [6.45, 7) is 4.35. The highest BCUT2D eigenvalue weighted by molar-refractivity contribution is 9.10. The van der Waals surface area contributed by atoms with Crippen molar-refractivity contribution < 1.29 is 4.74 Å². The van der Waals surface area contributed by atoms with Gasteiger partial charge in [0.1, 0.15) is 6.61 Å². The first-order valence-electron chi connectivity index (χ1n) is 5.80. The number of thiophene rings is 1. The van der Waals surface area contributed by atoms with Crippen LogP contribution in [0.5, 0.6) is 5.88 Å². The quantitative estimate of drug-likeness (QED) is 0.880. The Morgan fingerprint density at radius 3 is 3.11 bits per heavy atom. The molecule has 96 valence electrons. The van der Waals surface area contributed by atoms with Crippen molar-refractivity contribution >= 4 is 27.3 Å². The van der Waals surface area contributed by atoms with E-state index in [1.807, 2.05) is 17.5 Å². The number of nitrogens with one attached hydrogen (secondary N) is 1. The summed E-state index contributed by atoms with van der Waals surface area (Å²) in [5.74, 6) is 0.701. The molecule has 0 fully saturated rings. The van der Waals surface area contributed by atoms with E-state index < -0.39 is 0 Å². The molecular weight excluding hydrogens is 312 g/mol. The first-order valence-corrected chi connectivity index (χ1v) is 7.47. The van der Waals surface area contributed by atoms with E-state index in [2.05, 4.69) is 39.2 Å². The highest BCUT2D eigenvalue weighted by Gasteiger charge is 2.06. The molecule has 2 aromatic rings. The van der Waals surface area contributed by atoms with Crippen molar-refractivity contribution in [3.63, 3.8) is 0 Å². The average Bonchev–Trinajstić information content (AvgIpc) is 2.88. The van der Waals surface area contributed by atoms with Crippen molar-refractivity contribution in [2.45, 2.75) is 20.1 Å². The van der Waals surface area contributed by atoms with Crippen molar-refractivity contribution in [3.05, 3.63) is 44.7 Å². The second-order valence-corrected chi connectivity index (χ2v) is 5.71. The second-order valence-electron chi connectivity index (χ2n) is 3.77. The number of pyridine rings is 1. The Morgan fingerprint density at radius 1 is 1.50 bits per heavy atom. The minimum Gasteiger partial charge on any atom is -0.472 e. The van der Waals surface area contributed by atoms with Gasteiger partial charge in [-0.15, -0.1) is 11.3 Å². The molecule has 0 aliphatic rings. The number of rotatable bonds is 6. The van der Waals surface area contributed by atoms with Gasteiger partial charge in [-0.05, 0) is 40.0 Å². The van der Waals surface area contributed by atoms with E-state index in [4.69, 9.17) is 4.74 Å². The molecule has 5 heteroatoms. The molecule has 2 rings (SSSR count). The highest BCUT2D eigenvalue weighted by atomic mass is 79.9. The summed E-state index contributed by atoms with van der Waals surface area (Å²) in [4.78, 5) is 5.53. The minimum atomic E-state index is 0.575. The zero-order chi connectivity index (χ0) is 12.8. The molecule has 0 aromatic carbocycles. The van der Waals surface area contributed by atoms with Crippen LogP contribution in [-0.2, 0) is 13.2 Å². The van der Waals surface area contributed by atoms with Gasteiger partial charge in [-0.25, -0.2) is 4.98 Å². The van der Waals surface area contributed by atoms with Crippen LogP contribution in [0.2, 0.25) is 0 Å². The maximum Gasteiger partial charge on any atom is 0.218 e. The van der Waals surface area contributed by atoms with Gasteiger partial charge in [-0.1, -0.05) is 13.0 Å². The van der Waals surface area contributed by atoms with Crippen molar-refractivity contribution in [3.8, 4) is 5.88 Å². The van der Waals surface area contributed by atoms with Gasteiger partial charge < -0.3 is 10.1 Å². The van der Waals surface area contributed by atoms with Crippen LogP contribution >= 0.6 is 27.3 Å². The van der Waals surface area contributed by atoms with Gasteiger partial charge in [0.15, 0.2) is 0 Å². The molecule has 2 heterocycles. The summed E-state index contributed by atoms with van der Waals surface area (Å²) in [5.41, 5.74) is 1.07. The van der Waals surface area contributed by atoms with E-state index in [1.165, 1.54) is 4.88 Å². The highest BCUT2D eigenvalue weighted by Crippen LogP contribution is 2.21. The number of aromatic nitrogens is 1. The fraction of sp³-hybridized carbons (Fsp3) is 0.308. The van der Waals surface area contributed by atoms with E-state index in [0.717, 1.165) is 23.1 Å². The Labute approximate surface area is 119 Å². The fourth-order valence-corrected chi connectivity index (χ4v) is 2.51. The van der Waals surface area contributed by atoms with Gasteiger partial charge in [0.05, 0.1) is 0 Å². The zero-order valence-corrected chi connectivity index (χ0v) is 12.6. The molecule has 0 saturated carbocycles. The average molecular weight is 327 g/mol. The monoisotopic (exact) mass is 326 g/mol. The first-order chi connectivity index (χ1) is 8.79. The van der Waals surface area contributed by atoms with Crippen molar-refractivity contribution in [1.29, 1.82) is 0 Å². The number of hydrogen-bond acceptors (Lipinski definition) is 4. The smallest absolute Gasteiger partial charge is 0.218 e. The number of nitrogens with zero attached hydrogens (tertiary/aromatic N) is 1. The summed E-state index contributed by atoms with van der Waals surface area (Å²) in [6, 6.07) is 6.13. The minimum absolute atomic E-state index is 0.575. The Hall–Kier alpha value is -0.910. The van der Waals surface area contributed by atoms with Gasteiger partial charge in [-0.3, -0.25) is 0 Å². The maximum atomic E-state index is 5.77. The van der Waals surface area contributed by atoms with Gasteiger partial charge in [-0.2, -0.15) is 0 Å². The Balaban J connectivity index is 2.05. The number of halogens is 1. The Bertz CT molecular complexity index is 488. The lowest BCUT2D eigenvalue weighted by atomic mass is 10.2. The molecule has 0 aliphatic carbocycles. The summed E-state index contributed by atoms with van der Waals surface area (Å²) >= 11 is 5.13. The predicted octanol–water partition coefficient (Wildman–Crippen LogP) is 3.59. The van der Waals surface area contributed by atoms with Crippen LogP contribution in [-0.4, -0.2) is 11.5 Å². The molecule has 0 radical (unpaired) electrons. The number of ether oxygens (including phenoxy) is 1. The van der Waals surface area contributed by atoms with Crippen LogP contribution in [0.4, 0.5) is 0 Å². The van der Waals surface area contributed by atoms with E-state index in [-0.39, 0.29) is 0 Å². The van der Waals surface area contributed by atoms with E-state index >= 15 is 0 Å². The Morgan fingerprint density at radius 2 is 2.39 bits per heavy atom. The normalized spacial score (nSPS) is 10.6. The molecule has 1 N–H and O–H groups in total. The molecule has 0 aliphatic heterocycles. The molecule has 0 amide bonds. The number of hydrogen-bond donors (Lipinski definition) is 1. The van der Waals surface area contributed by atoms with Crippen LogP contribution in [0.25, 0.3) is 0 Å². The lowest BCUT2D eigenvalue weighted by molar-refractivity contribution is 0.293. The summed E-state index contributed by atoms with van der Waals surface area (Å²) in [6.07, 6.45) is 1.76. The van der Waals surface area contributed by atoms with Crippen molar-refractivity contribution in [2.75, 3.05) is 6.54 Å². The molecule has 0 unspecified atom stereocenters. The van der Waals surface area contributed by atoms with Gasteiger partial charge in [0.2, 0.25) is 5.88 Å². The van der Waals surface area contributed by atoms with Crippen LogP contribution < -0.4 is 10.1 Å². The zero-order valence-electron chi connectivity index (χ0n) is 10.1. The van der Waals surface area contributed by atoms with Crippen LogP contribution in [0.1, 0.15) is 17.4 Å². The molecule has 18 heavy (non-hydrogen) atoms. The van der Waals surface area contributed by atoms with Crippen molar-refractivity contribution in [2.24, 2.45) is 0 Å². The second kappa shape index (κ2) is 6.87. The van der Waals surface area contributed by atoms with Gasteiger partial charge in [0.25, 0.3) is 0 Å². The fourth-order valence-electron chi connectivity index (χ4n) is 1.52. The molecule has 2 aromatic heterocycles. The predicted molar refractivity (Wildman–Crippen MR) is 78.0 cm³/mol. The molecule has 0 spiro atoms. The van der Waals surface area contributed by atoms with Crippen LogP contribution in [0.3, 0.4) is 0 Å². The van der Waals surface area contributed by atoms with Gasteiger partial charge >= 0.3 is 0 Å². The maximum absolute atomic E-state index is 5.77. The molecule has 0 bridgehead atoms. The Kier molecular flexibility index (Phi) is 5.16. The van der Waals surface area contributed by atoms with Gasteiger partial charge in [0, 0.05) is 27.7 Å². The summed E-state index contributed by atoms with van der Waals surface area (Å²) in [7, 11) is 0. The van der Waals surface area contributed by atoms with E-state index in [9.17, 15) is 0 Å². The largest absolute Gasteiger partial charge is 0.472 e. The lowest BCUT2D eigenvalue weighted by Gasteiger charge is -2.10. The third kappa shape index (κ3) is 3.80.